The number of phenols is 1. The molecule has 3 rings (SSSR count). The number of alkyl carbamates (subject to hydrolysis) is 1. The molecular formula is C31H45N3O5. The van der Waals surface area contributed by atoms with Gasteiger partial charge in [0, 0.05) is 39.4 Å². The quantitative estimate of drug-likeness (QED) is 0.359. The average molecular weight is 540 g/mol. The number of anilines is 1. The van der Waals surface area contributed by atoms with Crippen molar-refractivity contribution in [1.82, 2.24) is 10.6 Å². The highest BCUT2D eigenvalue weighted by atomic mass is 16.6. The summed E-state index contributed by atoms with van der Waals surface area (Å²) in [5.74, 6) is -0.0430. The zero-order valence-corrected chi connectivity index (χ0v) is 24.0. The Morgan fingerprint density at radius 2 is 1.69 bits per heavy atom. The molecule has 1 aliphatic carbocycles. The Balaban J connectivity index is 1.82. The Hall–Kier alpha value is -3.26. The molecule has 2 atom stereocenters. The number of carbonyl (C=O) groups is 2. The lowest BCUT2D eigenvalue weighted by molar-refractivity contribution is -0.00558. The lowest BCUT2D eigenvalue weighted by atomic mass is 9.90. The fraction of sp³-hybridized carbons (Fsp3) is 0.548. The van der Waals surface area contributed by atoms with Gasteiger partial charge in [-0.1, -0.05) is 43.5 Å². The standard InChI is InChI=1S/C31H45N3O5/c1-31(2,3)39-30(37)33-26(20-32-29(36)25-13-9-10-14-27(25)35)28(38-21-23-11-7-6-8-12-23)19-22-15-17-24(18-16-22)34(4)5/h9-10,13-18,23,26,28,35H,6-8,11-12,19-21H2,1-5H3,(H,32,36)(H,33,37). The number of nitrogens with zero attached hydrogens (tertiary/aromatic N) is 1. The van der Waals surface area contributed by atoms with Crippen molar-refractivity contribution < 1.29 is 24.2 Å². The Kier molecular flexibility index (Phi) is 11.0. The third-order valence-electron chi connectivity index (χ3n) is 6.94. The van der Waals surface area contributed by atoms with E-state index in [1.165, 1.54) is 25.3 Å². The van der Waals surface area contributed by atoms with Gasteiger partial charge < -0.3 is 30.1 Å². The Bertz CT molecular complexity index is 1060. The van der Waals surface area contributed by atoms with Crippen LogP contribution in [-0.2, 0) is 15.9 Å². The first-order valence-electron chi connectivity index (χ1n) is 14.0. The van der Waals surface area contributed by atoms with Crippen LogP contribution in [0.4, 0.5) is 10.5 Å². The van der Waals surface area contributed by atoms with Crippen molar-refractivity contribution in [3.63, 3.8) is 0 Å². The van der Waals surface area contributed by atoms with Crippen LogP contribution in [0.15, 0.2) is 48.5 Å². The van der Waals surface area contributed by atoms with E-state index in [0.717, 1.165) is 24.1 Å². The van der Waals surface area contributed by atoms with E-state index in [1.54, 1.807) is 18.2 Å². The second-order valence-corrected chi connectivity index (χ2v) is 11.6. The molecule has 0 heterocycles. The smallest absolute Gasteiger partial charge is 0.408 e. The summed E-state index contributed by atoms with van der Waals surface area (Å²) in [6.07, 6.45) is 5.53. The molecule has 214 valence electrons. The number of amides is 2. The van der Waals surface area contributed by atoms with Crippen LogP contribution in [0.5, 0.6) is 5.75 Å². The highest BCUT2D eigenvalue weighted by Gasteiger charge is 2.29. The summed E-state index contributed by atoms with van der Waals surface area (Å²) in [7, 11) is 4.00. The molecule has 39 heavy (non-hydrogen) atoms. The van der Waals surface area contributed by atoms with Crippen molar-refractivity contribution in [2.75, 3.05) is 32.1 Å². The van der Waals surface area contributed by atoms with E-state index in [4.69, 9.17) is 9.47 Å². The average Bonchev–Trinajstić information content (AvgIpc) is 2.89. The Morgan fingerprint density at radius 1 is 1.03 bits per heavy atom. The van der Waals surface area contributed by atoms with Gasteiger partial charge >= 0.3 is 6.09 Å². The number of para-hydroxylation sites is 1. The van der Waals surface area contributed by atoms with Gasteiger partial charge in [0.05, 0.1) is 17.7 Å². The normalized spacial score (nSPS) is 15.7. The molecule has 0 bridgehead atoms. The van der Waals surface area contributed by atoms with E-state index in [-0.39, 0.29) is 17.9 Å². The maximum atomic E-state index is 12.9. The molecular weight excluding hydrogens is 494 g/mol. The minimum atomic E-state index is -0.672. The third kappa shape index (κ3) is 10.1. The second kappa shape index (κ2) is 14.2. The number of benzene rings is 2. The molecule has 0 aromatic heterocycles. The van der Waals surface area contributed by atoms with Crippen molar-refractivity contribution in [2.24, 2.45) is 5.92 Å². The number of hydrogen-bond donors (Lipinski definition) is 3. The van der Waals surface area contributed by atoms with E-state index in [2.05, 4.69) is 34.9 Å². The van der Waals surface area contributed by atoms with Crippen LogP contribution in [0.1, 0.15) is 68.8 Å². The predicted molar refractivity (Wildman–Crippen MR) is 154 cm³/mol. The predicted octanol–water partition coefficient (Wildman–Crippen LogP) is 5.29. The van der Waals surface area contributed by atoms with Gasteiger partial charge in [0.2, 0.25) is 0 Å². The Morgan fingerprint density at radius 3 is 2.31 bits per heavy atom. The second-order valence-electron chi connectivity index (χ2n) is 11.6. The molecule has 2 amide bonds. The number of nitrogens with one attached hydrogen (secondary N) is 2. The lowest BCUT2D eigenvalue weighted by Crippen LogP contribution is -2.53. The summed E-state index contributed by atoms with van der Waals surface area (Å²) in [6, 6.07) is 14.1. The van der Waals surface area contributed by atoms with Gasteiger partial charge in [-0.25, -0.2) is 4.79 Å². The van der Waals surface area contributed by atoms with E-state index >= 15 is 0 Å². The molecule has 1 fully saturated rings. The molecule has 1 saturated carbocycles. The number of ether oxygens (including phenoxy) is 2. The molecule has 0 radical (unpaired) electrons. The first-order chi connectivity index (χ1) is 18.5. The summed E-state index contributed by atoms with van der Waals surface area (Å²) in [5.41, 5.74) is 1.66. The van der Waals surface area contributed by atoms with Crippen LogP contribution in [0.2, 0.25) is 0 Å². The number of hydrogen-bond acceptors (Lipinski definition) is 6. The topological polar surface area (TPSA) is 100 Å². The van der Waals surface area contributed by atoms with Crippen molar-refractivity contribution in [2.45, 2.75) is 77.0 Å². The molecule has 2 unspecified atom stereocenters. The van der Waals surface area contributed by atoms with Crippen molar-refractivity contribution in [3.05, 3.63) is 59.7 Å². The molecule has 2 aromatic rings. The molecule has 0 saturated heterocycles. The monoisotopic (exact) mass is 539 g/mol. The fourth-order valence-electron chi connectivity index (χ4n) is 4.79. The number of phenolic OH excluding ortho intramolecular Hbond substituents is 1. The van der Waals surface area contributed by atoms with E-state index in [1.807, 2.05) is 39.8 Å². The maximum Gasteiger partial charge on any atom is 0.408 e. The van der Waals surface area contributed by atoms with Crippen LogP contribution < -0.4 is 15.5 Å². The summed E-state index contributed by atoms with van der Waals surface area (Å²) < 4.78 is 12.1. The van der Waals surface area contributed by atoms with Gasteiger partial charge in [-0.2, -0.15) is 0 Å². The summed E-state index contributed by atoms with van der Waals surface area (Å²) in [5, 5.41) is 16.0. The van der Waals surface area contributed by atoms with Crippen LogP contribution in [0.25, 0.3) is 0 Å². The first kappa shape index (κ1) is 30.3. The minimum absolute atomic E-state index is 0.0993. The Labute approximate surface area is 233 Å². The highest BCUT2D eigenvalue weighted by molar-refractivity contribution is 5.96. The van der Waals surface area contributed by atoms with E-state index < -0.39 is 29.7 Å². The fourth-order valence-corrected chi connectivity index (χ4v) is 4.79. The lowest BCUT2D eigenvalue weighted by Gasteiger charge is -2.32. The maximum absolute atomic E-state index is 12.9. The number of rotatable bonds is 11. The van der Waals surface area contributed by atoms with Crippen molar-refractivity contribution >= 4 is 17.7 Å². The molecule has 1 aliphatic rings. The molecule has 0 aliphatic heterocycles. The summed E-state index contributed by atoms with van der Waals surface area (Å²) in [6.45, 7) is 6.14. The first-order valence-corrected chi connectivity index (χ1v) is 14.0. The third-order valence-corrected chi connectivity index (χ3v) is 6.94. The van der Waals surface area contributed by atoms with Gasteiger partial charge in [0.15, 0.2) is 0 Å². The van der Waals surface area contributed by atoms with Crippen molar-refractivity contribution in [1.29, 1.82) is 0 Å². The van der Waals surface area contributed by atoms with Crippen LogP contribution in [-0.4, -0.2) is 62.1 Å². The molecule has 3 N–H and O–H groups in total. The minimum Gasteiger partial charge on any atom is -0.507 e. The highest BCUT2D eigenvalue weighted by Crippen LogP contribution is 2.25. The zero-order valence-electron chi connectivity index (χ0n) is 24.0. The summed E-state index contributed by atoms with van der Waals surface area (Å²) >= 11 is 0. The van der Waals surface area contributed by atoms with Crippen LogP contribution >= 0.6 is 0 Å². The van der Waals surface area contributed by atoms with Crippen molar-refractivity contribution in [3.8, 4) is 5.75 Å². The SMILES string of the molecule is CN(C)c1ccc(CC(OCC2CCCCC2)C(CNC(=O)c2ccccc2O)NC(=O)OC(C)(C)C)cc1. The molecule has 2 aromatic carbocycles. The van der Waals surface area contributed by atoms with Gasteiger partial charge in [-0.15, -0.1) is 0 Å². The van der Waals surface area contributed by atoms with Crippen LogP contribution in [0.3, 0.4) is 0 Å². The number of aromatic hydroxyl groups is 1. The number of carbonyl (C=O) groups excluding carboxylic acids is 2. The van der Waals surface area contributed by atoms with E-state index in [0.29, 0.717) is 18.9 Å². The van der Waals surface area contributed by atoms with Gasteiger partial charge in [0.25, 0.3) is 5.91 Å². The van der Waals surface area contributed by atoms with Gasteiger partial charge in [-0.05, 0) is 69.4 Å². The summed E-state index contributed by atoms with van der Waals surface area (Å²) in [4.78, 5) is 27.8. The molecule has 0 spiro atoms. The molecule has 8 heteroatoms. The van der Waals surface area contributed by atoms with Crippen LogP contribution in [0, 0.1) is 5.92 Å². The van der Waals surface area contributed by atoms with E-state index in [9.17, 15) is 14.7 Å². The van der Waals surface area contributed by atoms with Gasteiger partial charge in [-0.3, -0.25) is 4.79 Å². The largest absolute Gasteiger partial charge is 0.507 e. The molecule has 8 nitrogen and oxygen atoms in total. The van der Waals surface area contributed by atoms with Gasteiger partial charge in [0.1, 0.15) is 11.4 Å². The zero-order chi connectivity index (χ0) is 28.4.